The minimum Gasteiger partial charge on any atom is -0.481 e. The van der Waals surface area contributed by atoms with E-state index in [1.807, 2.05) is 5.38 Å². The normalized spacial score (nSPS) is 10.2. The van der Waals surface area contributed by atoms with Gasteiger partial charge < -0.3 is 20.7 Å². The van der Waals surface area contributed by atoms with Crippen LogP contribution in [0.25, 0.3) is 0 Å². The minimum atomic E-state index is -0.545. The van der Waals surface area contributed by atoms with Gasteiger partial charge in [-0.05, 0) is 47.8 Å². The van der Waals surface area contributed by atoms with Crippen LogP contribution in [0.4, 0.5) is 10.1 Å². The highest BCUT2D eigenvalue weighted by Crippen LogP contribution is 2.15. The Bertz CT molecular complexity index is 1040. The molecule has 31 heavy (non-hydrogen) atoms. The van der Waals surface area contributed by atoms with Gasteiger partial charge in [-0.15, -0.1) is 11.3 Å². The van der Waals surface area contributed by atoms with Gasteiger partial charge in [0.1, 0.15) is 0 Å². The summed E-state index contributed by atoms with van der Waals surface area (Å²) in [5.74, 6) is -1.48. The number of halogens is 1. The topological polar surface area (TPSA) is 96.5 Å². The molecule has 0 saturated carbocycles. The molecular formula is C22H20FN3O4S. The fourth-order valence-electron chi connectivity index (χ4n) is 2.56. The summed E-state index contributed by atoms with van der Waals surface area (Å²) in [4.78, 5) is 36.6. The van der Waals surface area contributed by atoms with E-state index < -0.39 is 11.7 Å². The fourth-order valence-corrected chi connectivity index (χ4v) is 3.20. The molecule has 0 unspecified atom stereocenters. The first-order chi connectivity index (χ1) is 15.0. The van der Waals surface area contributed by atoms with Gasteiger partial charge in [-0.2, -0.15) is 0 Å². The summed E-state index contributed by atoms with van der Waals surface area (Å²) in [6.45, 7) is 0.237. The molecule has 0 spiro atoms. The summed E-state index contributed by atoms with van der Waals surface area (Å²) in [5, 5.41) is 9.86. The lowest BCUT2D eigenvalue weighted by atomic mass is 10.2. The van der Waals surface area contributed by atoms with Gasteiger partial charge in [0.2, 0.25) is 0 Å². The van der Waals surface area contributed by atoms with Crippen molar-refractivity contribution in [1.29, 1.82) is 0 Å². The van der Waals surface area contributed by atoms with Gasteiger partial charge in [0, 0.05) is 24.3 Å². The molecule has 0 saturated heterocycles. The molecule has 3 N–H and O–H groups in total. The van der Waals surface area contributed by atoms with Crippen LogP contribution in [0, 0.1) is 5.82 Å². The van der Waals surface area contributed by atoms with E-state index in [1.165, 1.54) is 29.5 Å². The van der Waals surface area contributed by atoms with E-state index in [0.29, 0.717) is 22.7 Å². The van der Waals surface area contributed by atoms with Crippen LogP contribution >= 0.6 is 11.3 Å². The Morgan fingerprint density at radius 3 is 2.26 bits per heavy atom. The van der Waals surface area contributed by atoms with E-state index in [4.69, 9.17) is 4.74 Å². The molecule has 0 fully saturated rings. The molecule has 0 atom stereocenters. The number of thiophene rings is 1. The van der Waals surface area contributed by atoms with Gasteiger partial charge in [-0.3, -0.25) is 14.4 Å². The van der Waals surface area contributed by atoms with E-state index in [9.17, 15) is 18.8 Å². The Kier molecular flexibility index (Phi) is 7.72. The van der Waals surface area contributed by atoms with Crippen LogP contribution in [0.5, 0.6) is 5.75 Å². The van der Waals surface area contributed by atoms with Crippen molar-refractivity contribution >= 4 is 34.7 Å². The minimum absolute atomic E-state index is 0.00347. The molecule has 0 aliphatic rings. The quantitative estimate of drug-likeness (QED) is 0.445. The predicted octanol–water partition coefficient (Wildman–Crippen LogP) is 3.06. The van der Waals surface area contributed by atoms with Gasteiger partial charge >= 0.3 is 0 Å². The SMILES string of the molecule is O=C(COc1ccccc1F)Nc1ccc(C(=O)NCCNC(=O)c2cccs2)cc1. The van der Waals surface area contributed by atoms with Gasteiger partial charge in [0.25, 0.3) is 17.7 Å². The third-order valence-electron chi connectivity index (χ3n) is 4.07. The van der Waals surface area contributed by atoms with Crippen molar-refractivity contribution < 1.29 is 23.5 Å². The van der Waals surface area contributed by atoms with Crippen molar-refractivity contribution in [2.24, 2.45) is 0 Å². The molecule has 0 bridgehead atoms. The van der Waals surface area contributed by atoms with Crippen molar-refractivity contribution in [3.8, 4) is 5.75 Å². The number of amides is 3. The van der Waals surface area contributed by atoms with E-state index in [2.05, 4.69) is 16.0 Å². The maximum absolute atomic E-state index is 13.5. The molecule has 9 heteroatoms. The summed E-state index contributed by atoms with van der Waals surface area (Å²) in [6, 6.07) is 15.6. The number of anilines is 1. The lowest BCUT2D eigenvalue weighted by molar-refractivity contribution is -0.118. The molecule has 1 heterocycles. The van der Waals surface area contributed by atoms with E-state index in [0.717, 1.165) is 0 Å². The summed E-state index contributed by atoms with van der Waals surface area (Å²) < 4.78 is 18.6. The Morgan fingerprint density at radius 1 is 0.871 bits per heavy atom. The zero-order valence-electron chi connectivity index (χ0n) is 16.4. The van der Waals surface area contributed by atoms with Crippen LogP contribution in [0.1, 0.15) is 20.0 Å². The number of benzene rings is 2. The third-order valence-corrected chi connectivity index (χ3v) is 4.94. The molecular weight excluding hydrogens is 421 g/mol. The second-order valence-corrected chi connectivity index (χ2v) is 7.28. The summed E-state index contributed by atoms with van der Waals surface area (Å²) in [6.07, 6.45) is 0. The first-order valence-electron chi connectivity index (χ1n) is 9.40. The maximum Gasteiger partial charge on any atom is 0.262 e. The van der Waals surface area contributed by atoms with Crippen LogP contribution in [0.15, 0.2) is 66.0 Å². The number of carbonyl (C=O) groups excluding carboxylic acids is 3. The second-order valence-electron chi connectivity index (χ2n) is 6.33. The highest BCUT2D eigenvalue weighted by Gasteiger charge is 2.09. The molecule has 2 aromatic carbocycles. The van der Waals surface area contributed by atoms with Crippen LogP contribution in [-0.4, -0.2) is 37.4 Å². The number of para-hydroxylation sites is 1. The number of hydrogen-bond donors (Lipinski definition) is 3. The number of rotatable bonds is 9. The van der Waals surface area contributed by atoms with Crippen LogP contribution in [-0.2, 0) is 4.79 Å². The van der Waals surface area contributed by atoms with Crippen molar-refractivity contribution in [1.82, 2.24) is 10.6 Å². The monoisotopic (exact) mass is 441 g/mol. The number of hydrogen-bond acceptors (Lipinski definition) is 5. The molecule has 3 rings (SSSR count). The summed E-state index contributed by atoms with van der Waals surface area (Å²) in [5.41, 5.74) is 0.882. The zero-order valence-corrected chi connectivity index (χ0v) is 17.2. The van der Waals surface area contributed by atoms with Crippen molar-refractivity contribution in [3.05, 3.63) is 82.3 Å². The molecule has 3 aromatic rings. The highest BCUT2D eigenvalue weighted by atomic mass is 32.1. The van der Waals surface area contributed by atoms with Gasteiger partial charge in [-0.1, -0.05) is 18.2 Å². The van der Waals surface area contributed by atoms with Crippen molar-refractivity contribution in [2.45, 2.75) is 0 Å². The maximum atomic E-state index is 13.5. The fraction of sp³-hybridized carbons (Fsp3) is 0.136. The van der Waals surface area contributed by atoms with Gasteiger partial charge in [-0.25, -0.2) is 4.39 Å². The standard InChI is InChI=1S/C22H20FN3O4S/c23-17-4-1-2-5-18(17)30-14-20(27)26-16-9-7-15(8-10-16)21(28)24-11-12-25-22(29)19-6-3-13-31-19/h1-10,13H,11-12,14H2,(H,24,28)(H,25,29)(H,26,27). The average Bonchev–Trinajstić information content (AvgIpc) is 3.31. The van der Waals surface area contributed by atoms with E-state index in [1.54, 1.807) is 42.5 Å². The van der Waals surface area contributed by atoms with E-state index >= 15 is 0 Å². The van der Waals surface area contributed by atoms with Crippen molar-refractivity contribution in [2.75, 3.05) is 25.0 Å². The number of carbonyl (C=O) groups is 3. The molecule has 1 aromatic heterocycles. The van der Waals surface area contributed by atoms with Crippen LogP contribution in [0.2, 0.25) is 0 Å². The molecule has 0 aliphatic carbocycles. The van der Waals surface area contributed by atoms with Crippen LogP contribution in [0.3, 0.4) is 0 Å². The summed E-state index contributed by atoms with van der Waals surface area (Å²) in [7, 11) is 0. The van der Waals surface area contributed by atoms with Crippen molar-refractivity contribution in [3.63, 3.8) is 0 Å². The van der Waals surface area contributed by atoms with Gasteiger partial charge in [0.05, 0.1) is 4.88 Å². The molecule has 7 nitrogen and oxygen atoms in total. The molecule has 0 aliphatic heterocycles. The predicted molar refractivity (Wildman–Crippen MR) is 116 cm³/mol. The Hall–Kier alpha value is -3.72. The Morgan fingerprint density at radius 2 is 1.58 bits per heavy atom. The first-order valence-corrected chi connectivity index (χ1v) is 10.3. The zero-order chi connectivity index (χ0) is 22.1. The molecule has 160 valence electrons. The number of ether oxygens (including phenoxy) is 1. The number of nitrogens with one attached hydrogen (secondary N) is 3. The highest BCUT2D eigenvalue weighted by molar-refractivity contribution is 7.12. The lowest BCUT2D eigenvalue weighted by Gasteiger charge is -2.09. The average molecular weight is 441 g/mol. The largest absolute Gasteiger partial charge is 0.481 e. The summed E-state index contributed by atoms with van der Waals surface area (Å²) >= 11 is 1.35. The second kappa shape index (κ2) is 10.9. The first kappa shape index (κ1) is 22.0. The molecule has 3 amide bonds. The smallest absolute Gasteiger partial charge is 0.262 e. The Labute approximate surface area is 182 Å². The van der Waals surface area contributed by atoms with Crippen LogP contribution < -0.4 is 20.7 Å². The lowest BCUT2D eigenvalue weighted by Crippen LogP contribution is -2.34. The third kappa shape index (κ3) is 6.65. The van der Waals surface area contributed by atoms with E-state index in [-0.39, 0.29) is 30.7 Å². The Balaban J connectivity index is 1.39. The molecule has 0 radical (unpaired) electrons. The van der Waals surface area contributed by atoms with Gasteiger partial charge in [0.15, 0.2) is 18.2 Å².